The van der Waals surface area contributed by atoms with Crippen molar-refractivity contribution in [3.8, 4) is 0 Å². The molecule has 2 fully saturated rings. The SMILES string of the molecule is Cc1ccsc1C(=O)N1CCC1(C)C(=O)NC1CCCCCC1. The number of likely N-dealkylation sites (tertiary alicyclic amines) is 1. The van der Waals surface area contributed by atoms with Crippen molar-refractivity contribution < 1.29 is 9.59 Å². The molecule has 2 heterocycles. The molecule has 1 aliphatic heterocycles. The molecule has 1 atom stereocenters. The lowest BCUT2D eigenvalue weighted by atomic mass is 9.84. The van der Waals surface area contributed by atoms with Crippen LogP contribution in [0, 0.1) is 6.92 Å². The van der Waals surface area contributed by atoms with Gasteiger partial charge in [0.1, 0.15) is 5.54 Å². The number of thiophene rings is 1. The molecule has 126 valence electrons. The predicted molar refractivity (Wildman–Crippen MR) is 92.7 cm³/mol. The van der Waals surface area contributed by atoms with Crippen LogP contribution in [0.5, 0.6) is 0 Å². The Labute approximate surface area is 142 Å². The normalized spacial score (nSPS) is 25.6. The van der Waals surface area contributed by atoms with Crippen LogP contribution in [-0.2, 0) is 4.79 Å². The van der Waals surface area contributed by atoms with Gasteiger partial charge < -0.3 is 10.2 Å². The maximum absolute atomic E-state index is 12.8. The summed E-state index contributed by atoms with van der Waals surface area (Å²) in [7, 11) is 0. The van der Waals surface area contributed by atoms with Crippen LogP contribution in [0.15, 0.2) is 11.4 Å². The van der Waals surface area contributed by atoms with Gasteiger partial charge in [-0.1, -0.05) is 25.7 Å². The molecule has 1 aromatic rings. The van der Waals surface area contributed by atoms with E-state index in [1.807, 2.05) is 25.3 Å². The number of amides is 2. The van der Waals surface area contributed by atoms with E-state index in [2.05, 4.69) is 5.32 Å². The van der Waals surface area contributed by atoms with Crippen molar-refractivity contribution in [1.82, 2.24) is 10.2 Å². The van der Waals surface area contributed by atoms with Gasteiger partial charge in [0, 0.05) is 12.6 Å². The molecule has 1 N–H and O–H groups in total. The molecular formula is C18H26N2O2S. The summed E-state index contributed by atoms with van der Waals surface area (Å²) in [5.41, 5.74) is 0.318. The van der Waals surface area contributed by atoms with Crippen molar-refractivity contribution in [3.63, 3.8) is 0 Å². The molecule has 3 rings (SSSR count). The second kappa shape index (κ2) is 6.63. The minimum absolute atomic E-state index is 0.00210. The van der Waals surface area contributed by atoms with Crippen molar-refractivity contribution >= 4 is 23.2 Å². The van der Waals surface area contributed by atoms with E-state index in [-0.39, 0.29) is 17.9 Å². The van der Waals surface area contributed by atoms with Crippen LogP contribution in [0.3, 0.4) is 0 Å². The van der Waals surface area contributed by atoms with Crippen molar-refractivity contribution in [3.05, 3.63) is 21.9 Å². The molecule has 1 aliphatic carbocycles. The number of nitrogens with zero attached hydrogens (tertiary/aromatic N) is 1. The van der Waals surface area contributed by atoms with Crippen LogP contribution in [0.4, 0.5) is 0 Å². The van der Waals surface area contributed by atoms with Gasteiger partial charge in [0.2, 0.25) is 5.91 Å². The van der Waals surface area contributed by atoms with Crippen LogP contribution < -0.4 is 5.32 Å². The van der Waals surface area contributed by atoms with Crippen LogP contribution in [0.1, 0.15) is 67.1 Å². The van der Waals surface area contributed by atoms with Gasteiger partial charge >= 0.3 is 0 Å². The first kappa shape index (κ1) is 16.5. The third kappa shape index (κ3) is 3.16. The molecule has 0 bridgehead atoms. The first-order valence-electron chi connectivity index (χ1n) is 8.69. The van der Waals surface area contributed by atoms with E-state index < -0.39 is 5.54 Å². The second-order valence-corrected chi connectivity index (χ2v) is 7.99. The largest absolute Gasteiger partial charge is 0.351 e. The summed E-state index contributed by atoms with van der Waals surface area (Å²) in [6.45, 7) is 4.53. The molecule has 1 aromatic heterocycles. The standard InChI is InChI=1S/C18H26N2O2S/c1-13-9-12-23-15(13)16(21)20-11-10-18(20,2)17(22)19-14-7-5-3-4-6-8-14/h9,12,14H,3-8,10-11H2,1-2H3,(H,19,22). The Morgan fingerprint density at radius 3 is 2.48 bits per heavy atom. The van der Waals surface area contributed by atoms with Crippen LogP contribution in [0.2, 0.25) is 0 Å². The first-order chi connectivity index (χ1) is 11.0. The van der Waals surface area contributed by atoms with Gasteiger partial charge in [0.15, 0.2) is 0 Å². The Morgan fingerprint density at radius 2 is 1.96 bits per heavy atom. The van der Waals surface area contributed by atoms with Crippen LogP contribution in [-0.4, -0.2) is 34.8 Å². The van der Waals surface area contributed by atoms with Crippen molar-refractivity contribution in [1.29, 1.82) is 0 Å². The molecular weight excluding hydrogens is 308 g/mol. The minimum atomic E-state index is -0.681. The maximum Gasteiger partial charge on any atom is 0.265 e. The summed E-state index contributed by atoms with van der Waals surface area (Å²) in [4.78, 5) is 28.0. The zero-order chi connectivity index (χ0) is 16.4. The summed E-state index contributed by atoms with van der Waals surface area (Å²) in [5, 5.41) is 5.15. The average Bonchev–Trinajstić information content (AvgIpc) is 2.78. The van der Waals surface area contributed by atoms with Gasteiger partial charge in [-0.05, 0) is 50.1 Å². The van der Waals surface area contributed by atoms with E-state index in [0.717, 1.165) is 29.7 Å². The van der Waals surface area contributed by atoms with Gasteiger partial charge in [0.05, 0.1) is 4.88 Å². The van der Waals surface area contributed by atoms with Gasteiger partial charge in [-0.15, -0.1) is 11.3 Å². The minimum Gasteiger partial charge on any atom is -0.351 e. The summed E-state index contributed by atoms with van der Waals surface area (Å²) in [6, 6.07) is 2.24. The van der Waals surface area contributed by atoms with E-state index in [9.17, 15) is 9.59 Å². The summed E-state index contributed by atoms with van der Waals surface area (Å²) in [6.07, 6.45) is 7.82. The highest BCUT2D eigenvalue weighted by Crippen LogP contribution is 2.34. The van der Waals surface area contributed by atoms with Gasteiger partial charge in [-0.2, -0.15) is 0 Å². The molecule has 1 unspecified atom stereocenters. The Bertz CT molecular complexity index is 590. The monoisotopic (exact) mass is 334 g/mol. The zero-order valence-electron chi connectivity index (χ0n) is 14.1. The topological polar surface area (TPSA) is 49.4 Å². The number of rotatable bonds is 3. The molecule has 23 heavy (non-hydrogen) atoms. The highest BCUT2D eigenvalue weighted by Gasteiger charge is 2.50. The Balaban J connectivity index is 1.67. The number of carbonyl (C=O) groups is 2. The average molecular weight is 334 g/mol. The number of aryl methyl sites for hydroxylation is 1. The Hall–Kier alpha value is -1.36. The number of hydrogen-bond donors (Lipinski definition) is 1. The fraction of sp³-hybridized carbons (Fsp3) is 0.667. The smallest absolute Gasteiger partial charge is 0.265 e. The van der Waals surface area contributed by atoms with Crippen molar-refractivity contribution in [2.45, 2.75) is 70.4 Å². The molecule has 5 heteroatoms. The van der Waals surface area contributed by atoms with Crippen LogP contribution >= 0.6 is 11.3 Å². The van der Waals surface area contributed by atoms with E-state index in [1.165, 1.54) is 37.0 Å². The highest BCUT2D eigenvalue weighted by molar-refractivity contribution is 7.12. The number of hydrogen-bond acceptors (Lipinski definition) is 3. The number of nitrogens with one attached hydrogen (secondary N) is 1. The lowest BCUT2D eigenvalue weighted by Crippen LogP contribution is -2.68. The first-order valence-corrected chi connectivity index (χ1v) is 9.57. The molecule has 0 aromatic carbocycles. The molecule has 1 saturated heterocycles. The third-order valence-corrected chi connectivity index (χ3v) is 6.40. The van der Waals surface area contributed by atoms with E-state index in [4.69, 9.17) is 0 Å². The molecule has 0 radical (unpaired) electrons. The Kier molecular flexibility index (Phi) is 4.76. The molecule has 1 saturated carbocycles. The van der Waals surface area contributed by atoms with E-state index in [0.29, 0.717) is 6.54 Å². The fourth-order valence-electron chi connectivity index (χ4n) is 3.60. The van der Waals surface area contributed by atoms with E-state index >= 15 is 0 Å². The third-order valence-electron chi connectivity index (χ3n) is 5.40. The van der Waals surface area contributed by atoms with Gasteiger partial charge in [0.25, 0.3) is 5.91 Å². The second-order valence-electron chi connectivity index (χ2n) is 7.08. The lowest BCUT2D eigenvalue weighted by molar-refractivity contribution is -0.138. The molecule has 2 aliphatic rings. The Morgan fingerprint density at radius 1 is 1.26 bits per heavy atom. The fourth-order valence-corrected chi connectivity index (χ4v) is 4.47. The summed E-state index contributed by atoms with van der Waals surface area (Å²) >= 11 is 1.46. The van der Waals surface area contributed by atoms with Crippen molar-refractivity contribution in [2.24, 2.45) is 0 Å². The van der Waals surface area contributed by atoms with Gasteiger partial charge in [-0.25, -0.2) is 0 Å². The van der Waals surface area contributed by atoms with Crippen molar-refractivity contribution in [2.75, 3.05) is 6.54 Å². The summed E-state index contributed by atoms with van der Waals surface area (Å²) in [5.74, 6) is 0.0282. The lowest BCUT2D eigenvalue weighted by Gasteiger charge is -2.49. The molecule has 2 amide bonds. The maximum atomic E-state index is 12.8. The quantitative estimate of drug-likeness (QED) is 0.860. The van der Waals surface area contributed by atoms with Crippen LogP contribution in [0.25, 0.3) is 0 Å². The van der Waals surface area contributed by atoms with E-state index in [1.54, 1.807) is 4.90 Å². The highest BCUT2D eigenvalue weighted by atomic mass is 32.1. The number of carbonyl (C=O) groups excluding carboxylic acids is 2. The summed E-state index contributed by atoms with van der Waals surface area (Å²) < 4.78 is 0. The molecule has 0 spiro atoms. The molecule has 4 nitrogen and oxygen atoms in total. The van der Waals surface area contributed by atoms with Gasteiger partial charge in [-0.3, -0.25) is 9.59 Å². The zero-order valence-corrected chi connectivity index (χ0v) is 14.9. The predicted octanol–water partition coefficient (Wildman–Crippen LogP) is 3.50.